The Balaban J connectivity index is 1.86. The van der Waals surface area contributed by atoms with Crippen molar-refractivity contribution in [2.24, 2.45) is 11.8 Å². The van der Waals surface area contributed by atoms with Gasteiger partial charge in [0.2, 0.25) is 0 Å². The van der Waals surface area contributed by atoms with Gasteiger partial charge in [0.15, 0.2) is 0 Å². The fraction of sp³-hybridized carbons (Fsp3) is 0.800. The summed E-state index contributed by atoms with van der Waals surface area (Å²) in [4.78, 5) is 22.7. The molecule has 2 unspecified atom stereocenters. The maximum Gasteiger partial charge on any atom is 0.322 e. The Hall–Kier alpha value is -1.06. The number of amides is 3. The highest BCUT2D eigenvalue weighted by atomic mass is 16.2. The van der Waals surface area contributed by atoms with Crippen molar-refractivity contribution >= 4 is 11.9 Å². The summed E-state index contributed by atoms with van der Waals surface area (Å²) in [5, 5.41) is 5.16. The van der Waals surface area contributed by atoms with Crippen LogP contribution in [0.4, 0.5) is 4.79 Å². The van der Waals surface area contributed by atoms with Gasteiger partial charge in [0, 0.05) is 0 Å². The molecule has 1 saturated heterocycles. The molecule has 4 nitrogen and oxygen atoms in total. The second-order valence-corrected chi connectivity index (χ2v) is 4.85. The number of imide groups is 1. The number of carbonyl (C=O) groups is 2. The number of hydrogen-bond acceptors (Lipinski definition) is 2. The van der Waals surface area contributed by atoms with E-state index < -0.39 is 5.54 Å². The Morgan fingerprint density at radius 2 is 1.79 bits per heavy atom. The average Bonchev–Trinajstić information content (AvgIpc) is 2.67. The first-order valence-electron chi connectivity index (χ1n) is 5.33. The lowest BCUT2D eigenvalue weighted by Gasteiger charge is -2.20. The first-order chi connectivity index (χ1) is 6.70. The summed E-state index contributed by atoms with van der Waals surface area (Å²) in [5.41, 5.74) is -0.535. The van der Waals surface area contributed by atoms with E-state index in [1.54, 1.807) is 0 Å². The number of urea groups is 1. The van der Waals surface area contributed by atoms with Crippen molar-refractivity contribution in [2.75, 3.05) is 0 Å². The van der Waals surface area contributed by atoms with Gasteiger partial charge in [0.25, 0.3) is 5.91 Å². The Kier molecular flexibility index (Phi) is 1.47. The Morgan fingerprint density at radius 1 is 1.14 bits per heavy atom. The van der Waals surface area contributed by atoms with Crippen LogP contribution in [0.1, 0.15) is 32.1 Å². The van der Waals surface area contributed by atoms with E-state index in [0.717, 1.165) is 12.8 Å². The Labute approximate surface area is 82.4 Å². The average molecular weight is 194 g/mol. The van der Waals surface area contributed by atoms with Gasteiger partial charge in [-0.1, -0.05) is 19.3 Å². The highest BCUT2D eigenvalue weighted by Crippen LogP contribution is 2.49. The molecule has 1 spiro atoms. The summed E-state index contributed by atoms with van der Waals surface area (Å²) < 4.78 is 0. The molecule has 2 N–H and O–H groups in total. The fourth-order valence-electron chi connectivity index (χ4n) is 3.45. The molecule has 1 heterocycles. The molecule has 0 aromatic heterocycles. The minimum Gasteiger partial charge on any atom is -0.323 e. The van der Waals surface area contributed by atoms with Crippen LogP contribution in [0.5, 0.6) is 0 Å². The molecule has 3 aliphatic rings. The molecule has 2 saturated carbocycles. The summed E-state index contributed by atoms with van der Waals surface area (Å²) in [6.07, 6.45) is 5.47. The predicted molar refractivity (Wildman–Crippen MR) is 49.5 cm³/mol. The second-order valence-electron chi connectivity index (χ2n) is 4.85. The summed E-state index contributed by atoms with van der Waals surface area (Å²) in [6, 6.07) is -0.310. The molecular formula is C10H14N2O2. The molecule has 1 aliphatic heterocycles. The van der Waals surface area contributed by atoms with Crippen molar-refractivity contribution < 1.29 is 9.59 Å². The third-order valence-electron chi connectivity index (χ3n) is 4.05. The molecule has 0 aromatic rings. The van der Waals surface area contributed by atoms with E-state index in [0.29, 0.717) is 11.8 Å². The van der Waals surface area contributed by atoms with E-state index >= 15 is 0 Å². The molecule has 76 valence electrons. The van der Waals surface area contributed by atoms with Crippen LogP contribution >= 0.6 is 0 Å². The highest BCUT2D eigenvalue weighted by molar-refractivity contribution is 6.07. The molecule has 4 heteroatoms. The lowest BCUT2D eigenvalue weighted by atomic mass is 9.94. The van der Waals surface area contributed by atoms with Gasteiger partial charge >= 0.3 is 6.03 Å². The van der Waals surface area contributed by atoms with Gasteiger partial charge in [-0.2, -0.15) is 0 Å². The summed E-state index contributed by atoms with van der Waals surface area (Å²) >= 11 is 0. The van der Waals surface area contributed by atoms with Gasteiger partial charge in [-0.15, -0.1) is 0 Å². The van der Waals surface area contributed by atoms with E-state index in [4.69, 9.17) is 0 Å². The zero-order valence-electron chi connectivity index (χ0n) is 8.01. The van der Waals surface area contributed by atoms with Gasteiger partial charge in [0.05, 0.1) is 0 Å². The topological polar surface area (TPSA) is 58.2 Å². The summed E-state index contributed by atoms with van der Waals surface area (Å²) in [5.74, 6) is 1.23. The van der Waals surface area contributed by atoms with Crippen LogP contribution in [-0.2, 0) is 4.79 Å². The highest BCUT2D eigenvalue weighted by Gasteiger charge is 2.55. The molecule has 3 amide bonds. The van der Waals surface area contributed by atoms with Gasteiger partial charge < -0.3 is 5.32 Å². The van der Waals surface area contributed by atoms with E-state index in [1.807, 2.05) is 0 Å². The summed E-state index contributed by atoms with van der Waals surface area (Å²) in [7, 11) is 0. The van der Waals surface area contributed by atoms with Crippen LogP contribution in [0.25, 0.3) is 0 Å². The zero-order valence-corrected chi connectivity index (χ0v) is 8.01. The van der Waals surface area contributed by atoms with Crippen LogP contribution in [0.2, 0.25) is 0 Å². The Bertz CT molecular complexity index is 301. The first-order valence-corrected chi connectivity index (χ1v) is 5.33. The van der Waals surface area contributed by atoms with Gasteiger partial charge in [-0.3, -0.25) is 10.1 Å². The maximum atomic E-state index is 11.6. The number of carbonyl (C=O) groups excluding carboxylic acids is 2. The van der Waals surface area contributed by atoms with Crippen molar-refractivity contribution in [3.8, 4) is 0 Å². The maximum absolute atomic E-state index is 11.6. The fourth-order valence-corrected chi connectivity index (χ4v) is 3.45. The van der Waals surface area contributed by atoms with Crippen LogP contribution in [0.3, 0.4) is 0 Å². The first kappa shape index (κ1) is 8.26. The minimum absolute atomic E-state index is 0.100. The molecule has 3 rings (SSSR count). The molecule has 0 radical (unpaired) electrons. The minimum atomic E-state index is -0.535. The quantitative estimate of drug-likeness (QED) is 0.560. The summed E-state index contributed by atoms with van der Waals surface area (Å²) in [6.45, 7) is 0. The van der Waals surface area contributed by atoms with Crippen LogP contribution in [0, 0.1) is 11.8 Å². The molecule has 0 bridgehead atoms. The van der Waals surface area contributed by atoms with E-state index in [1.165, 1.54) is 19.3 Å². The van der Waals surface area contributed by atoms with Crippen LogP contribution in [0.15, 0.2) is 0 Å². The lowest BCUT2D eigenvalue weighted by Crippen LogP contribution is -2.44. The molecule has 2 aliphatic carbocycles. The predicted octanol–water partition coefficient (Wildman–Crippen LogP) is 0.775. The molecule has 2 atom stereocenters. The largest absolute Gasteiger partial charge is 0.323 e. The lowest BCUT2D eigenvalue weighted by molar-refractivity contribution is -0.124. The van der Waals surface area contributed by atoms with E-state index in [-0.39, 0.29) is 11.9 Å². The Morgan fingerprint density at radius 3 is 2.29 bits per heavy atom. The van der Waals surface area contributed by atoms with Crippen LogP contribution < -0.4 is 10.6 Å². The van der Waals surface area contributed by atoms with Crippen molar-refractivity contribution in [1.29, 1.82) is 0 Å². The second kappa shape index (κ2) is 2.49. The van der Waals surface area contributed by atoms with Crippen molar-refractivity contribution in [3.05, 3.63) is 0 Å². The number of rotatable bonds is 0. The standard InChI is InChI=1S/C10H14N2O2/c13-8-10(12-9(14)11-8)4-6-2-1-3-7(6)5-10/h6-7H,1-5H2,(H2,11,12,13,14). The third-order valence-corrected chi connectivity index (χ3v) is 4.05. The van der Waals surface area contributed by atoms with Crippen molar-refractivity contribution in [3.63, 3.8) is 0 Å². The monoisotopic (exact) mass is 194 g/mol. The van der Waals surface area contributed by atoms with E-state index in [2.05, 4.69) is 10.6 Å². The third kappa shape index (κ3) is 0.938. The SMILES string of the molecule is O=C1NC(=O)C2(CC3CCCC3C2)N1. The normalized spacial score (nSPS) is 45.4. The van der Waals surface area contributed by atoms with Gasteiger partial charge in [-0.05, 0) is 24.7 Å². The van der Waals surface area contributed by atoms with Gasteiger partial charge in [0.1, 0.15) is 5.54 Å². The number of hydrogen-bond donors (Lipinski definition) is 2. The van der Waals surface area contributed by atoms with E-state index in [9.17, 15) is 9.59 Å². The smallest absolute Gasteiger partial charge is 0.322 e. The van der Waals surface area contributed by atoms with Gasteiger partial charge in [-0.25, -0.2) is 4.79 Å². The van der Waals surface area contributed by atoms with Crippen molar-refractivity contribution in [2.45, 2.75) is 37.6 Å². The number of nitrogens with one attached hydrogen (secondary N) is 2. The molecule has 14 heavy (non-hydrogen) atoms. The number of fused-ring (bicyclic) bond motifs is 1. The van der Waals surface area contributed by atoms with Crippen molar-refractivity contribution in [1.82, 2.24) is 10.6 Å². The molecule has 0 aromatic carbocycles. The zero-order chi connectivity index (χ0) is 9.76. The van der Waals surface area contributed by atoms with Crippen LogP contribution in [-0.4, -0.2) is 17.5 Å². The molecule has 3 fully saturated rings. The molecular weight excluding hydrogens is 180 g/mol.